The maximum atomic E-state index is 11.9. The van der Waals surface area contributed by atoms with Crippen molar-refractivity contribution in [2.24, 2.45) is 0 Å². The molecule has 0 unspecified atom stereocenters. The van der Waals surface area contributed by atoms with Crippen LogP contribution in [0.15, 0.2) is 0 Å². The summed E-state index contributed by atoms with van der Waals surface area (Å²) in [6.07, 6.45) is 5.96. The molecule has 4 heteroatoms. The van der Waals surface area contributed by atoms with Gasteiger partial charge in [-0.15, -0.1) is 0 Å². The van der Waals surface area contributed by atoms with Gasteiger partial charge < -0.3 is 15.1 Å². The minimum atomic E-state index is 0.323. The molecule has 1 saturated heterocycles. The summed E-state index contributed by atoms with van der Waals surface area (Å²) in [6.45, 7) is 4.69. The van der Waals surface area contributed by atoms with Crippen LogP contribution in [0.25, 0.3) is 0 Å². The fourth-order valence-electron chi connectivity index (χ4n) is 2.73. The van der Waals surface area contributed by atoms with Crippen LogP contribution >= 0.6 is 0 Å². The van der Waals surface area contributed by atoms with Gasteiger partial charge in [0.05, 0.1) is 0 Å². The van der Waals surface area contributed by atoms with E-state index in [-0.39, 0.29) is 0 Å². The van der Waals surface area contributed by atoms with Gasteiger partial charge in [-0.2, -0.15) is 0 Å². The molecule has 1 aliphatic carbocycles. The fourth-order valence-corrected chi connectivity index (χ4v) is 2.73. The quantitative estimate of drug-likeness (QED) is 0.784. The first-order chi connectivity index (χ1) is 8.25. The van der Waals surface area contributed by atoms with Crippen LogP contribution in [-0.4, -0.2) is 61.5 Å². The van der Waals surface area contributed by atoms with E-state index in [1.54, 1.807) is 0 Å². The zero-order valence-corrected chi connectivity index (χ0v) is 11.0. The first-order valence-corrected chi connectivity index (χ1v) is 6.95. The van der Waals surface area contributed by atoms with Gasteiger partial charge in [0.2, 0.25) is 5.91 Å². The number of amides is 1. The zero-order valence-electron chi connectivity index (χ0n) is 11.0. The number of piperazine rings is 1. The van der Waals surface area contributed by atoms with Crippen molar-refractivity contribution in [2.75, 3.05) is 39.8 Å². The van der Waals surface area contributed by atoms with Gasteiger partial charge in [-0.05, 0) is 19.9 Å². The lowest BCUT2D eigenvalue weighted by Gasteiger charge is -2.32. The van der Waals surface area contributed by atoms with Crippen molar-refractivity contribution in [2.45, 2.75) is 38.1 Å². The Bertz CT molecular complexity index is 243. The molecular formula is C13H25N3O. The van der Waals surface area contributed by atoms with Crippen LogP contribution in [-0.2, 0) is 4.79 Å². The summed E-state index contributed by atoms with van der Waals surface area (Å²) in [5, 5.41) is 3.50. The lowest BCUT2D eigenvalue weighted by Crippen LogP contribution is -2.47. The lowest BCUT2D eigenvalue weighted by atomic mass is 10.2. The van der Waals surface area contributed by atoms with Crippen molar-refractivity contribution < 1.29 is 4.79 Å². The molecule has 1 heterocycles. The highest BCUT2D eigenvalue weighted by molar-refractivity contribution is 5.76. The Labute approximate surface area is 104 Å². The summed E-state index contributed by atoms with van der Waals surface area (Å²) in [4.78, 5) is 16.2. The second-order valence-corrected chi connectivity index (χ2v) is 5.37. The number of hydrogen-bond acceptors (Lipinski definition) is 3. The molecule has 17 heavy (non-hydrogen) atoms. The normalized spacial score (nSPS) is 23.2. The SMILES string of the molecule is CN1CCN(C(=O)CCNC2CCCC2)CC1. The summed E-state index contributed by atoms with van der Waals surface area (Å²) in [7, 11) is 2.11. The van der Waals surface area contributed by atoms with E-state index in [4.69, 9.17) is 0 Å². The van der Waals surface area contributed by atoms with Crippen LogP contribution in [0.3, 0.4) is 0 Å². The number of nitrogens with one attached hydrogen (secondary N) is 1. The topological polar surface area (TPSA) is 35.6 Å². The predicted molar refractivity (Wildman–Crippen MR) is 69.0 cm³/mol. The maximum absolute atomic E-state index is 11.9. The Hall–Kier alpha value is -0.610. The summed E-state index contributed by atoms with van der Waals surface area (Å²) >= 11 is 0. The molecule has 1 amide bonds. The second-order valence-electron chi connectivity index (χ2n) is 5.37. The van der Waals surface area contributed by atoms with Crippen LogP contribution in [0.5, 0.6) is 0 Å². The minimum absolute atomic E-state index is 0.323. The third-order valence-corrected chi connectivity index (χ3v) is 3.98. The molecule has 0 spiro atoms. The molecule has 2 fully saturated rings. The van der Waals surface area contributed by atoms with Crippen molar-refractivity contribution in [1.82, 2.24) is 15.1 Å². The van der Waals surface area contributed by atoms with E-state index in [9.17, 15) is 4.79 Å². The molecule has 0 aromatic heterocycles. The van der Waals surface area contributed by atoms with E-state index in [2.05, 4.69) is 17.3 Å². The van der Waals surface area contributed by atoms with Crippen molar-refractivity contribution in [3.63, 3.8) is 0 Å². The van der Waals surface area contributed by atoms with Crippen LogP contribution < -0.4 is 5.32 Å². The summed E-state index contributed by atoms with van der Waals surface area (Å²) in [5.74, 6) is 0.323. The van der Waals surface area contributed by atoms with Crippen LogP contribution in [0, 0.1) is 0 Å². The maximum Gasteiger partial charge on any atom is 0.223 e. The first kappa shape index (κ1) is 12.8. The predicted octanol–water partition coefficient (Wildman–Crippen LogP) is 0.683. The first-order valence-electron chi connectivity index (χ1n) is 6.95. The fraction of sp³-hybridized carbons (Fsp3) is 0.923. The van der Waals surface area contributed by atoms with Gasteiger partial charge in [0.15, 0.2) is 0 Å². The molecule has 2 rings (SSSR count). The van der Waals surface area contributed by atoms with E-state index in [0.29, 0.717) is 18.4 Å². The molecule has 1 saturated carbocycles. The van der Waals surface area contributed by atoms with E-state index >= 15 is 0 Å². The highest BCUT2D eigenvalue weighted by Crippen LogP contribution is 2.17. The monoisotopic (exact) mass is 239 g/mol. The molecule has 0 aromatic carbocycles. The Morgan fingerprint density at radius 3 is 2.47 bits per heavy atom. The Morgan fingerprint density at radius 1 is 1.18 bits per heavy atom. The van der Waals surface area contributed by atoms with Gasteiger partial charge in [0.25, 0.3) is 0 Å². The number of carbonyl (C=O) groups excluding carboxylic acids is 1. The summed E-state index contributed by atoms with van der Waals surface area (Å²) in [5.41, 5.74) is 0. The van der Waals surface area contributed by atoms with E-state index in [1.165, 1.54) is 25.7 Å². The molecular weight excluding hydrogens is 214 g/mol. The van der Waals surface area contributed by atoms with Gasteiger partial charge >= 0.3 is 0 Å². The van der Waals surface area contributed by atoms with Gasteiger partial charge in [-0.3, -0.25) is 4.79 Å². The lowest BCUT2D eigenvalue weighted by molar-refractivity contribution is -0.132. The Kier molecular flexibility index (Phi) is 4.80. The van der Waals surface area contributed by atoms with Gasteiger partial charge in [-0.25, -0.2) is 0 Å². The van der Waals surface area contributed by atoms with Crippen LogP contribution in [0.1, 0.15) is 32.1 Å². The molecule has 0 radical (unpaired) electrons. The summed E-state index contributed by atoms with van der Waals surface area (Å²) in [6, 6.07) is 0.676. The average Bonchev–Trinajstić information content (AvgIpc) is 2.83. The third-order valence-electron chi connectivity index (χ3n) is 3.98. The Morgan fingerprint density at radius 2 is 1.82 bits per heavy atom. The molecule has 1 aliphatic heterocycles. The number of likely N-dealkylation sites (N-methyl/N-ethyl adjacent to an activating group) is 1. The highest BCUT2D eigenvalue weighted by Gasteiger charge is 2.19. The number of rotatable bonds is 4. The van der Waals surface area contributed by atoms with Gasteiger partial charge in [0.1, 0.15) is 0 Å². The largest absolute Gasteiger partial charge is 0.340 e. The second kappa shape index (κ2) is 6.36. The zero-order chi connectivity index (χ0) is 12.1. The van der Waals surface area contributed by atoms with E-state index in [0.717, 1.165) is 32.7 Å². The number of nitrogens with zero attached hydrogens (tertiary/aromatic N) is 2. The molecule has 0 bridgehead atoms. The third kappa shape index (κ3) is 3.96. The van der Waals surface area contributed by atoms with E-state index < -0.39 is 0 Å². The average molecular weight is 239 g/mol. The van der Waals surface area contributed by atoms with E-state index in [1.807, 2.05) is 4.90 Å². The van der Waals surface area contributed by atoms with Crippen molar-refractivity contribution in [3.8, 4) is 0 Å². The smallest absolute Gasteiger partial charge is 0.223 e. The molecule has 4 nitrogen and oxygen atoms in total. The Balaban J connectivity index is 1.60. The van der Waals surface area contributed by atoms with Crippen molar-refractivity contribution in [1.29, 1.82) is 0 Å². The minimum Gasteiger partial charge on any atom is -0.340 e. The standard InChI is InChI=1S/C13H25N3O/c1-15-8-10-16(11-9-15)13(17)6-7-14-12-4-2-3-5-12/h12,14H,2-11H2,1H3. The molecule has 98 valence electrons. The van der Waals surface area contributed by atoms with Crippen molar-refractivity contribution in [3.05, 3.63) is 0 Å². The highest BCUT2D eigenvalue weighted by atomic mass is 16.2. The number of hydrogen-bond donors (Lipinski definition) is 1. The molecule has 0 aromatic rings. The van der Waals surface area contributed by atoms with Crippen LogP contribution in [0.4, 0.5) is 0 Å². The molecule has 0 atom stereocenters. The number of carbonyl (C=O) groups is 1. The summed E-state index contributed by atoms with van der Waals surface area (Å²) < 4.78 is 0. The van der Waals surface area contributed by atoms with Gasteiger partial charge in [-0.1, -0.05) is 12.8 Å². The van der Waals surface area contributed by atoms with Gasteiger partial charge in [0, 0.05) is 45.2 Å². The molecule has 2 aliphatic rings. The van der Waals surface area contributed by atoms with Crippen molar-refractivity contribution >= 4 is 5.91 Å². The molecule has 1 N–H and O–H groups in total. The van der Waals surface area contributed by atoms with Crippen LogP contribution in [0.2, 0.25) is 0 Å².